The van der Waals surface area contributed by atoms with E-state index in [1.54, 1.807) is 0 Å². The Morgan fingerprint density at radius 3 is 2.40 bits per heavy atom. The minimum atomic E-state index is 0.788. The lowest BCUT2D eigenvalue weighted by Crippen LogP contribution is -2.20. The highest BCUT2D eigenvalue weighted by Gasteiger charge is 2.18. The monoisotopic (exact) mass is 329 g/mol. The normalized spacial score (nSPS) is 15.6. The Morgan fingerprint density at radius 1 is 0.880 bits per heavy atom. The Morgan fingerprint density at radius 2 is 1.60 bits per heavy atom. The van der Waals surface area contributed by atoms with Gasteiger partial charge < -0.3 is 0 Å². The Bertz CT molecular complexity index is 1060. The molecule has 5 heteroatoms. The van der Waals surface area contributed by atoms with Crippen molar-refractivity contribution < 1.29 is 0 Å². The van der Waals surface area contributed by atoms with E-state index in [1.165, 1.54) is 0 Å². The van der Waals surface area contributed by atoms with Crippen molar-refractivity contribution in [2.24, 2.45) is 22.2 Å². The number of benzene rings is 2. The molecule has 25 heavy (non-hydrogen) atoms. The molecule has 0 radical (unpaired) electrons. The van der Waals surface area contributed by atoms with Crippen molar-refractivity contribution in [3.63, 3.8) is 0 Å². The lowest BCUT2D eigenvalue weighted by Gasteiger charge is -2.09. The van der Waals surface area contributed by atoms with E-state index in [-0.39, 0.29) is 0 Å². The zero-order valence-electron chi connectivity index (χ0n) is 14.5. The number of nitrogens with zero attached hydrogens (tertiary/aromatic N) is 5. The summed E-state index contributed by atoms with van der Waals surface area (Å²) >= 11 is 0. The van der Waals surface area contributed by atoms with E-state index in [1.807, 2.05) is 67.2 Å². The van der Waals surface area contributed by atoms with Gasteiger partial charge in [-0.1, -0.05) is 36.4 Å². The molecular weight excluding hydrogens is 310 g/mol. The van der Waals surface area contributed by atoms with Crippen LogP contribution >= 0.6 is 0 Å². The first kappa shape index (κ1) is 15.3. The fourth-order valence-corrected chi connectivity index (χ4v) is 3.03. The minimum absolute atomic E-state index is 0.788. The summed E-state index contributed by atoms with van der Waals surface area (Å²) in [5, 5.41) is 9.08. The molecule has 0 atom stereocenters. The van der Waals surface area contributed by atoms with Crippen molar-refractivity contribution in [3.8, 4) is 5.69 Å². The highest BCUT2D eigenvalue weighted by molar-refractivity contribution is 6.51. The molecule has 0 amide bonds. The van der Waals surface area contributed by atoms with Crippen LogP contribution in [-0.4, -0.2) is 20.8 Å². The van der Waals surface area contributed by atoms with Crippen LogP contribution in [0.1, 0.15) is 18.2 Å². The van der Waals surface area contributed by atoms with Crippen molar-refractivity contribution in [1.29, 1.82) is 0 Å². The molecule has 3 aromatic rings. The Hall–Kier alpha value is -3.21. The molecule has 0 spiro atoms. The third-order valence-electron chi connectivity index (χ3n) is 4.41. The third-order valence-corrected chi connectivity index (χ3v) is 4.41. The second kappa shape index (κ2) is 6.02. The third kappa shape index (κ3) is 2.63. The molecular formula is C20H19N5. The van der Waals surface area contributed by atoms with E-state index < -0.39 is 0 Å². The summed E-state index contributed by atoms with van der Waals surface area (Å²) in [5.74, 6) is 0. The summed E-state index contributed by atoms with van der Waals surface area (Å²) in [6, 6.07) is 20.2. The van der Waals surface area contributed by atoms with Crippen LogP contribution in [0, 0.1) is 6.92 Å². The van der Waals surface area contributed by atoms with E-state index in [0.29, 0.717) is 0 Å². The van der Waals surface area contributed by atoms with Crippen LogP contribution in [0.5, 0.6) is 0 Å². The van der Waals surface area contributed by atoms with Gasteiger partial charge in [0.2, 0.25) is 0 Å². The summed E-state index contributed by atoms with van der Waals surface area (Å²) in [6.45, 7) is 4.03. The molecule has 2 aromatic carbocycles. The summed E-state index contributed by atoms with van der Waals surface area (Å²) in [6.07, 6.45) is 0. The maximum atomic E-state index is 4.56. The van der Waals surface area contributed by atoms with Gasteiger partial charge in [0.25, 0.3) is 0 Å². The lowest BCUT2D eigenvalue weighted by molar-refractivity contribution is 0.621. The van der Waals surface area contributed by atoms with Gasteiger partial charge in [-0.25, -0.2) is 4.68 Å². The smallest absolute Gasteiger partial charge is 0.176 e. The van der Waals surface area contributed by atoms with Gasteiger partial charge in [-0.3, -0.25) is 9.67 Å². The van der Waals surface area contributed by atoms with Gasteiger partial charge in [-0.15, -0.1) is 10.2 Å². The topological polar surface area (TPSA) is 46.9 Å². The Kier molecular flexibility index (Phi) is 3.69. The van der Waals surface area contributed by atoms with E-state index in [2.05, 4.69) is 38.9 Å². The molecule has 0 bridgehead atoms. The second-order valence-electron chi connectivity index (χ2n) is 6.08. The second-order valence-corrected chi connectivity index (χ2v) is 6.08. The molecule has 0 N–H and O–H groups in total. The van der Waals surface area contributed by atoms with Crippen LogP contribution in [0.25, 0.3) is 5.69 Å². The molecule has 5 nitrogen and oxygen atoms in total. The predicted molar refractivity (Wildman–Crippen MR) is 101 cm³/mol. The molecule has 0 fully saturated rings. The molecule has 1 aliphatic heterocycles. The van der Waals surface area contributed by atoms with Crippen molar-refractivity contribution in [1.82, 2.24) is 9.36 Å². The van der Waals surface area contributed by atoms with Gasteiger partial charge in [0.1, 0.15) is 5.71 Å². The number of hydrogen-bond acceptors (Lipinski definition) is 3. The van der Waals surface area contributed by atoms with E-state index in [0.717, 1.165) is 39.5 Å². The van der Waals surface area contributed by atoms with Crippen LogP contribution < -0.4 is 5.49 Å². The van der Waals surface area contributed by atoms with Crippen LogP contribution in [0.3, 0.4) is 0 Å². The highest BCUT2D eigenvalue weighted by Crippen LogP contribution is 2.26. The van der Waals surface area contributed by atoms with Crippen molar-refractivity contribution in [2.75, 3.05) is 0 Å². The standard InChI is InChI=1S/C20H19N5/c1-14-13-19(25(24(14)3)16-9-5-4-6-10-16)22-23-20-15(2)21-18-12-8-7-11-17(18)20/h4-13H,1-3H3. The lowest BCUT2D eigenvalue weighted by atomic mass is 10.1. The molecule has 124 valence electrons. The average molecular weight is 329 g/mol. The molecule has 0 unspecified atom stereocenters. The number of fused-ring (bicyclic) bond motifs is 1. The minimum Gasteiger partial charge on any atom is -0.287 e. The zero-order valence-corrected chi connectivity index (χ0v) is 14.5. The van der Waals surface area contributed by atoms with Crippen molar-refractivity contribution >= 4 is 17.1 Å². The van der Waals surface area contributed by atoms with E-state index >= 15 is 0 Å². The molecule has 0 saturated carbocycles. The van der Waals surface area contributed by atoms with E-state index in [9.17, 15) is 0 Å². The van der Waals surface area contributed by atoms with Crippen LogP contribution in [-0.2, 0) is 7.05 Å². The first-order valence-corrected chi connectivity index (χ1v) is 8.23. The van der Waals surface area contributed by atoms with Crippen LogP contribution in [0.15, 0.2) is 75.9 Å². The number of aryl methyl sites for hydroxylation is 1. The maximum absolute atomic E-state index is 4.56. The zero-order chi connectivity index (χ0) is 17.4. The number of aliphatic imine (C=N–C) groups is 1. The number of aromatic nitrogens is 2. The fraction of sp³-hybridized carbons (Fsp3) is 0.150. The molecule has 1 aromatic heterocycles. The molecule has 2 heterocycles. The molecule has 0 saturated heterocycles. The number of rotatable bonds is 2. The van der Waals surface area contributed by atoms with Gasteiger partial charge in [-0.2, -0.15) is 0 Å². The first-order chi connectivity index (χ1) is 12.1. The van der Waals surface area contributed by atoms with Crippen molar-refractivity contribution in [2.45, 2.75) is 13.8 Å². The summed E-state index contributed by atoms with van der Waals surface area (Å²) in [5.41, 5.74) is 6.66. The average Bonchev–Trinajstić information content (AvgIpc) is 3.10. The Labute approximate surface area is 146 Å². The van der Waals surface area contributed by atoms with Gasteiger partial charge in [-0.05, 0) is 32.0 Å². The van der Waals surface area contributed by atoms with Crippen LogP contribution in [0.4, 0.5) is 5.69 Å². The van der Waals surface area contributed by atoms with E-state index in [4.69, 9.17) is 0 Å². The Balaban J connectivity index is 1.87. The maximum Gasteiger partial charge on any atom is 0.176 e. The molecule has 1 aliphatic rings. The molecule has 0 aliphatic carbocycles. The largest absolute Gasteiger partial charge is 0.287 e. The predicted octanol–water partition coefficient (Wildman–Crippen LogP) is 3.54. The van der Waals surface area contributed by atoms with Gasteiger partial charge in [0.15, 0.2) is 5.49 Å². The summed E-state index contributed by atoms with van der Waals surface area (Å²) in [7, 11) is 2.02. The first-order valence-electron chi connectivity index (χ1n) is 8.23. The quantitative estimate of drug-likeness (QED) is 0.646. The van der Waals surface area contributed by atoms with Gasteiger partial charge in [0, 0.05) is 24.4 Å². The summed E-state index contributed by atoms with van der Waals surface area (Å²) < 4.78 is 4.12. The molecule has 4 rings (SSSR count). The summed E-state index contributed by atoms with van der Waals surface area (Å²) in [4.78, 5) is 4.56. The highest BCUT2D eigenvalue weighted by atomic mass is 15.4. The number of hydrogen-bond donors (Lipinski definition) is 0. The number of para-hydroxylation sites is 2. The van der Waals surface area contributed by atoms with Crippen molar-refractivity contribution in [3.05, 3.63) is 77.4 Å². The van der Waals surface area contributed by atoms with Gasteiger partial charge in [0.05, 0.1) is 17.1 Å². The fourth-order valence-electron chi connectivity index (χ4n) is 3.03. The van der Waals surface area contributed by atoms with Crippen LogP contribution in [0.2, 0.25) is 0 Å². The SMILES string of the molecule is CC1=Nc2ccccc2C1=NN=c1cc(C)n(C)n1-c1ccccc1. The van der Waals surface area contributed by atoms with Gasteiger partial charge >= 0.3 is 0 Å².